The zero-order valence-corrected chi connectivity index (χ0v) is 33.0. The van der Waals surface area contributed by atoms with Crippen LogP contribution in [0, 0.1) is 0 Å². The van der Waals surface area contributed by atoms with Gasteiger partial charge < -0.3 is 18.9 Å². The molecule has 0 aliphatic carbocycles. The summed E-state index contributed by atoms with van der Waals surface area (Å²) in [6, 6.07) is 0. The van der Waals surface area contributed by atoms with Gasteiger partial charge >= 0.3 is 19.8 Å². The summed E-state index contributed by atoms with van der Waals surface area (Å²) in [6.45, 7) is 4.18. The second kappa shape index (κ2) is 32.6. The molecule has 0 amide bonds. The number of rotatable bonds is 33. The number of nitrogens with zero attached hydrogens (tertiary/aromatic N) is 1. The monoisotopic (exact) mass is 724 g/mol. The van der Waals surface area contributed by atoms with Crippen molar-refractivity contribution < 1.29 is 42.1 Å². The van der Waals surface area contributed by atoms with E-state index in [2.05, 4.69) is 68.5 Å². The highest BCUT2D eigenvalue weighted by Gasteiger charge is 2.27. The van der Waals surface area contributed by atoms with Gasteiger partial charge in [0.15, 0.2) is 6.10 Å². The lowest BCUT2D eigenvalue weighted by Crippen LogP contribution is -2.37. The molecule has 0 aromatic heterocycles. The molecule has 288 valence electrons. The molecule has 0 saturated heterocycles. The number of carbonyl (C=O) groups excluding carboxylic acids is 2. The lowest BCUT2D eigenvalue weighted by atomic mass is 10.1. The van der Waals surface area contributed by atoms with Gasteiger partial charge in [-0.25, -0.2) is 4.57 Å². The van der Waals surface area contributed by atoms with E-state index in [0.717, 1.165) is 51.4 Å². The summed E-state index contributed by atoms with van der Waals surface area (Å²) in [4.78, 5) is 35.1. The van der Waals surface area contributed by atoms with Gasteiger partial charge in [0.05, 0.1) is 27.7 Å². The molecule has 0 radical (unpaired) electrons. The quantitative estimate of drug-likeness (QED) is 0.0234. The van der Waals surface area contributed by atoms with E-state index >= 15 is 0 Å². The summed E-state index contributed by atoms with van der Waals surface area (Å²) >= 11 is 0. The molecule has 0 rings (SSSR count). The molecule has 10 heteroatoms. The molecule has 0 bridgehead atoms. The van der Waals surface area contributed by atoms with Crippen LogP contribution in [0.1, 0.15) is 129 Å². The number of hydrogen-bond donors (Lipinski definition) is 1. The van der Waals surface area contributed by atoms with Gasteiger partial charge in [0.1, 0.15) is 19.8 Å². The minimum Gasteiger partial charge on any atom is -0.462 e. The number of likely N-dealkylation sites (N-methyl/N-ethyl adjacent to an activating group) is 1. The largest absolute Gasteiger partial charge is 0.472 e. The number of unbranched alkanes of at least 4 members (excludes halogenated alkanes) is 9. The maximum absolute atomic E-state index is 12.6. The lowest BCUT2D eigenvalue weighted by Gasteiger charge is -2.24. The summed E-state index contributed by atoms with van der Waals surface area (Å²) in [5, 5.41) is 0. The molecule has 0 aromatic carbocycles. The van der Waals surface area contributed by atoms with Crippen molar-refractivity contribution in [1.82, 2.24) is 0 Å². The summed E-state index contributed by atoms with van der Waals surface area (Å²) in [5.41, 5.74) is 0. The first-order chi connectivity index (χ1) is 24.0. The summed E-state index contributed by atoms with van der Waals surface area (Å²) < 4.78 is 34.0. The zero-order valence-electron chi connectivity index (χ0n) is 32.1. The standard InChI is InChI=1S/C40H70NO8P/c1-6-8-10-12-14-16-17-18-19-20-21-22-23-25-27-29-31-33-40(43)49-38(37-48-50(44,45)47-35-34-41(3,4)5)36-46-39(42)32-30-28-26-24-15-13-11-9-7-2/h8,10,14,16,18-19,21-22,25,27,38H,6-7,9,11-13,15,17,20,23-24,26,28-37H2,1-5H3/p+1/b10-8-,16-14-,19-18-,22-21-,27-25-. The molecule has 50 heavy (non-hydrogen) atoms. The Balaban J connectivity index is 4.55. The molecule has 0 spiro atoms. The third-order valence-corrected chi connectivity index (χ3v) is 8.55. The van der Waals surface area contributed by atoms with Crippen molar-refractivity contribution in [3.05, 3.63) is 60.8 Å². The van der Waals surface area contributed by atoms with Crippen LogP contribution < -0.4 is 0 Å². The van der Waals surface area contributed by atoms with Crippen LogP contribution in [0.2, 0.25) is 0 Å². The third kappa shape index (κ3) is 35.5. The van der Waals surface area contributed by atoms with Gasteiger partial charge in [0.25, 0.3) is 0 Å². The maximum Gasteiger partial charge on any atom is 0.472 e. The number of phosphoric ester groups is 1. The molecule has 0 aliphatic heterocycles. The van der Waals surface area contributed by atoms with Crippen molar-refractivity contribution in [2.24, 2.45) is 0 Å². The van der Waals surface area contributed by atoms with Crippen molar-refractivity contribution in [3.8, 4) is 0 Å². The van der Waals surface area contributed by atoms with Gasteiger partial charge in [-0.15, -0.1) is 0 Å². The first-order valence-electron chi connectivity index (χ1n) is 19.0. The van der Waals surface area contributed by atoms with E-state index in [0.29, 0.717) is 23.9 Å². The number of quaternary nitrogens is 1. The predicted octanol–water partition coefficient (Wildman–Crippen LogP) is 10.1. The van der Waals surface area contributed by atoms with E-state index in [1.54, 1.807) is 0 Å². The number of esters is 2. The van der Waals surface area contributed by atoms with Crippen LogP contribution in [0.3, 0.4) is 0 Å². The number of allylic oxidation sites excluding steroid dienone is 10. The fraction of sp³-hybridized carbons (Fsp3) is 0.700. The van der Waals surface area contributed by atoms with Crippen LogP contribution in [0.15, 0.2) is 60.8 Å². The fourth-order valence-corrected chi connectivity index (χ4v) is 5.32. The van der Waals surface area contributed by atoms with Crippen LogP contribution in [-0.4, -0.2) is 74.9 Å². The van der Waals surface area contributed by atoms with Crippen LogP contribution in [-0.2, 0) is 32.7 Å². The van der Waals surface area contributed by atoms with Gasteiger partial charge in [-0.3, -0.25) is 18.6 Å². The van der Waals surface area contributed by atoms with Gasteiger partial charge in [-0.2, -0.15) is 0 Å². The Hall–Kier alpha value is -2.29. The summed E-state index contributed by atoms with van der Waals surface area (Å²) in [7, 11) is 1.43. The van der Waals surface area contributed by atoms with Crippen LogP contribution >= 0.6 is 7.82 Å². The average molecular weight is 725 g/mol. The van der Waals surface area contributed by atoms with E-state index in [4.69, 9.17) is 18.5 Å². The Morgan fingerprint density at radius 1 is 0.640 bits per heavy atom. The Morgan fingerprint density at radius 2 is 1.14 bits per heavy atom. The molecular formula is C40H71NO8P+. The van der Waals surface area contributed by atoms with E-state index in [1.165, 1.54) is 38.5 Å². The highest BCUT2D eigenvalue weighted by atomic mass is 31.2. The Labute approximate surface area is 305 Å². The summed E-state index contributed by atoms with van der Waals surface area (Å²) in [5.74, 6) is -0.876. The number of phosphoric acid groups is 1. The van der Waals surface area contributed by atoms with E-state index in [1.807, 2.05) is 27.2 Å². The van der Waals surface area contributed by atoms with E-state index in [-0.39, 0.29) is 26.1 Å². The summed E-state index contributed by atoms with van der Waals surface area (Å²) in [6.07, 6.45) is 37.1. The Morgan fingerprint density at radius 3 is 1.68 bits per heavy atom. The van der Waals surface area contributed by atoms with Crippen molar-refractivity contribution in [2.75, 3.05) is 47.5 Å². The SMILES string of the molecule is CC/C=C\C/C=C\C/C=C\C/C=C\C/C=C\CCCC(=O)OC(COC(=O)CCCCCCCCCCC)COP(=O)(O)OCC[N+](C)(C)C. The molecule has 9 nitrogen and oxygen atoms in total. The average Bonchev–Trinajstić information content (AvgIpc) is 3.06. The van der Waals surface area contributed by atoms with Gasteiger partial charge in [-0.05, 0) is 51.4 Å². The highest BCUT2D eigenvalue weighted by molar-refractivity contribution is 7.47. The lowest BCUT2D eigenvalue weighted by molar-refractivity contribution is -0.870. The number of hydrogen-bond acceptors (Lipinski definition) is 7. The molecule has 2 atom stereocenters. The zero-order chi connectivity index (χ0) is 37.2. The van der Waals surface area contributed by atoms with Crippen LogP contribution in [0.4, 0.5) is 0 Å². The first kappa shape index (κ1) is 47.7. The van der Waals surface area contributed by atoms with Gasteiger partial charge in [0, 0.05) is 12.8 Å². The smallest absolute Gasteiger partial charge is 0.462 e. The molecule has 2 unspecified atom stereocenters. The highest BCUT2D eigenvalue weighted by Crippen LogP contribution is 2.43. The van der Waals surface area contributed by atoms with Crippen molar-refractivity contribution >= 4 is 19.8 Å². The Kier molecular flexibility index (Phi) is 31.1. The van der Waals surface area contributed by atoms with Gasteiger partial charge in [-0.1, -0.05) is 126 Å². The topological polar surface area (TPSA) is 108 Å². The molecule has 0 aliphatic rings. The fourth-order valence-electron chi connectivity index (χ4n) is 4.58. The van der Waals surface area contributed by atoms with Crippen molar-refractivity contribution in [1.29, 1.82) is 0 Å². The van der Waals surface area contributed by atoms with E-state index < -0.39 is 32.5 Å². The van der Waals surface area contributed by atoms with Crippen molar-refractivity contribution in [3.63, 3.8) is 0 Å². The number of ether oxygens (including phenoxy) is 2. The number of carbonyl (C=O) groups is 2. The predicted molar refractivity (Wildman–Crippen MR) is 206 cm³/mol. The van der Waals surface area contributed by atoms with Crippen LogP contribution in [0.25, 0.3) is 0 Å². The third-order valence-electron chi connectivity index (χ3n) is 7.56. The Bertz CT molecular complexity index is 1040. The maximum atomic E-state index is 12.6. The first-order valence-corrected chi connectivity index (χ1v) is 20.5. The molecule has 0 aromatic rings. The molecular weight excluding hydrogens is 653 g/mol. The normalized spacial score (nSPS) is 14.4. The molecule has 0 heterocycles. The van der Waals surface area contributed by atoms with Crippen LogP contribution in [0.5, 0.6) is 0 Å². The second-order valence-corrected chi connectivity index (χ2v) is 15.0. The molecule has 0 saturated carbocycles. The minimum atomic E-state index is -4.38. The van der Waals surface area contributed by atoms with Gasteiger partial charge in [0.2, 0.25) is 0 Å². The molecule has 1 N–H and O–H groups in total. The van der Waals surface area contributed by atoms with Crippen molar-refractivity contribution in [2.45, 2.75) is 136 Å². The van der Waals surface area contributed by atoms with E-state index in [9.17, 15) is 19.0 Å². The molecule has 0 fully saturated rings. The minimum absolute atomic E-state index is 0.0191. The second-order valence-electron chi connectivity index (χ2n) is 13.6.